The summed E-state index contributed by atoms with van der Waals surface area (Å²) in [6, 6.07) is 3.99. The van der Waals surface area contributed by atoms with Gasteiger partial charge in [-0.1, -0.05) is 23.8 Å². The second-order valence-electron chi connectivity index (χ2n) is 8.21. The van der Waals surface area contributed by atoms with Crippen LogP contribution in [0.3, 0.4) is 0 Å². The van der Waals surface area contributed by atoms with Crippen molar-refractivity contribution in [2.45, 2.75) is 19.4 Å². The van der Waals surface area contributed by atoms with Gasteiger partial charge in [-0.3, -0.25) is 19.3 Å². The fourth-order valence-electron chi connectivity index (χ4n) is 5.49. The largest absolute Gasteiger partial charge is 0.495 e. The number of hydrogen-bond acceptors (Lipinski definition) is 4. The molecular formula is C21H21ClN2O4. The minimum absolute atomic E-state index is 0.143. The maximum absolute atomic E-state index is 13.1. The SMILES string of the molecule is COc1ccc(Cl)cc1NC(=O)[C@H](C)N1C(=O)[C@H]2[C@@H]3C=C[C@H]([C@@H]4C[C@H]34)[C@@H]2C1=O. The van der Waals surface area contributed by atoms with Gasteiger partial charge in [0, 0.05) is 5.02 Å². The molecule has 0 spiro atoms. The average Bonchev–Trinajstić information content (AvgIpc) is 3.45. The Morgan fingerprint density at radius 3 is 2.36 bits per heavy atom. The van der Waals surface area contributed by atoms with E-state index >= 15 is 0 Å². The first-order chi connectivity index (χ1) is 13.4. The number of allylic oxidation sites excluding steroid dienone is 2. The van der Waals surface area contributed by atoms with Crippen LogP contribution < -0.4 is 10.1 Å². The van der Waals surface area contributed by atoms with Crippen LogP contribution in [-0.4, -0.2) is 35.8 Å². The lowest BCUT2D eigenvalue weighted by Crippen LogP contribution is -2.46. The number of benzene rings is 1. The number of rotatable bonds is 4. The van der Waals surface area contributed by atoms with Gasteiger partial charge in [0.2, 0.25) is 17.7 Å². The lowest BCUT2D eigenvalue weighted by atomic mass is 9.63. The molecule has 1 aromatic rings. The molecule has 2 bridgehead atoms. The number of imide groups is 1. The Hall–Kier alpha value is -2.34. The summed E-state index contributed by atoms with van der Waals surface area (Å²) in [7, 11) is 1.49. The molecule has 7 atom stereocenters. The fraction of sp³-hybridized carbons (Fsp3) is 0.476. The predicted octanol–water partition coefficient (Wildman–Crippen LogP) is 2.73. The maximum Gasteiger partial charge on any atom is 0.247 e. The lowest BCUT2D eigenvalue weighted by molar-refractivity contribution is -0.146. The molecule has 0 aromatic heterocycles. The van der Waals surface area contributed by atoms with Crippen molar-refractivity contribution in [1.82, 2.24) is 4.90 Å². The van der Waals surface area contributed by atoms with Crippen LogP contribution in [-0.2, 0) is 14.4 Å². The minimum Gasteiger partial charge on any atom is -0.495 e. The molecule has 1 N–H and O–H groups in total. The van der Waals surface area contributed by atoms with E-state index in [1.165, 1.54) is 12.0 Å². The van der Waals surface area contributed by atoms with Crippen LogP contribution in [0.5, 0.6) is 5.75 Å². The van der Waals surface area contributed by atoms with Gasteiger partial charge in [0.15, 0.2) is 0 Å². The first-order valence-corrected chi connectivity index (χ1v) is 10.00. The number of likely N-dealkylation sites (tertiary alicyclic amines) is 1. The number of nitrogens with one attached hydrogen (secondary N) is 1. The number of amides is 3. The molecule has 3 fully saturated rings. The van der Waals surface area contributed by atoms with Crippen molar-refractivity contribution in [2.24, 2.45) is 35.5 Å². The molecule has 1 heterocycles. The van der Waals surface area contributed by atoms with Crippen LogP contribution in [0.4, 0.5) is 5.69 Å². The van der Waals surface area contributed by atoms with Gasteiger partial charge < -0.3 is 10.1 Å². The lowest BCUT2D eigenvalue weighted by Gasteiger charge is -2.37. The highest BCUT2D eigenvalue weighted by atomic mass is 35.5. The molecule has 0 unspecified atom stereocenters. The summed E-state index contributed by atoms with van der Waals surface area (Å²) in [5.74, 6) is 0.353. The third kappa shape index (κ3) is 2.37. The highest BCUT2D eigenvalue weighted by Gasteiger charge is 2.67. The summed E-state index contributed by atoms with van der Waals surface area (Å²) in [6.07, 6.45) is 5.35. The Balaban J connectivity index is 1.38. The summed E-state index contributed by atoms with van der Waals surface area (Å²) < 4.78 is 5.25. The zero-order valence-electron chi connectivity index (χ0n) is 15.6. The molecule has 1 aromatic carbocycles. The van der Waals surface area contributed by atoms with E-state index in [0.29, 0.717) is 28.3 Å². The molecular weight excluding hydrogens is 380 g/mol. The van der Waals surface area contributed by atoms with Crippen molar-refractivity contribution in [3.05, 3.63) is 35.4 Å². The smallest absolute Gasteiger partial charge is 0.247 e. The molecule has 7 heteroatoms. The Kier molecular flexibility index (Phi) is 3.85. The van der Waals surface area contributed by atoms with Gasteiger partial charge in [-0.05, 0) is 55.2 Å². The number of ether oxygens (including phenoxy) is 1. The van der Waals surface area contributed by atoms with Crippen molar-refractivity contribution < 1.29 is 19.1 Å². The van der Waals surface area contributed by atoms with E-state index in [9.17, 15) is 14.4 Å². The third-order valence-corrected chi connectivity index (χ3v) is 7.12. The zero-order valence-corrected chi connectivity index (χ0v) is 16.3. The molecule has 2 saturated carbocycles. The Morgan fingerprint density at radius 1 is 1.18 bits per heavy atom. The summed E-state index contributed by atoms with van der Waals surface area (Å²) in [4.78, 5) is 40.3. The highest BCUT2D eigenvalue weighted by molar-refractivity contribution is 6.31. The molecule has 4 aliphatic carbocycles. The fourth-order valence-corrected chi connectivity index (χ4v) is 5.67. The molecule has 6 nitrogen and oxygen atoms in total. The van der Waals surface area contributed by atoms with Crippen molar-refractivity contribution >= 4 is 35.0 Å². The number of halogens is 1. The van der Waals surface area contributed by atoms with Crippen LogP contribution in [0.1, 0.15) is 13.3 Å². The summed E-state index contributed by atoms with van der Waals surface area (Å²) >= 11 is 6.02. The van der Waals surface area contributed by atoms with Crippen LogP contribution in [0.25, 0.3) is 0 Å². The molecule has 6 rings (SSSR count). The quantitative estimate of drug-likeness (QED) is 0.622. The predicted molar refractivity (Wildman–Crippen MR) is 103 cm³/mol. The monoisotopic (exact) mass is 400 g/mol. The van der Waals surface area contributed by atoms with E-state index in [4.69, 9.17) is 16.3 Å². The molecule has 28 heavy (non-hydrogen) atoms. The van der Waals surface area contributed by atoms with E-state index < -0.39 is 11.9 Å². The number of carbonyl (C=O) groups excluding carboxylic acids is 3. The van der Waals surface area contributed by atoms with Crippen molar-refractivity contribution in [3.8, 4) is 5.75 Å². The van der Waals surface area contributed by atoms with Crippen LogP contribution in [0.2, 0.25) is 5.02 Å². The summed E-state index contributed by atoms with van der Waals surface area (Å²) in [5.41, 5.74) is 0.409. The number of hydrogen-bond donors (Lipinski definition) is 1. The van der Waals surface area contributed by atoms with Gasteiger partial charge in [0.25, 0.3) is 0 Å². The first kappa shape index (κ1) is 17.7. The topological polar surface area (TPSA) is 75.7 Å². The van der Waals surface area contributed by atoms with Gasteiger partial charge in [-0.25, -0.2) is 0 Å². The highest BCUT2D eigenvalue weighted by Crippen LogP contribution is 2.65. The molecule has 1 aliphatic heterocycles. The second-order valence-corrected chi connectivity index (χ2v) is 8.65. The van der Waals surface area contributed by atoms with Gasteiger partial charge >= 0.3 is 0 Å². The van der Waals surface area contributed by atoms with E-state index in [1.54, 1.807) is 25.1 Å². The Bertz CT molecular complexity index is 893. The zero-order chi connectivity index (χ0) is 19.7. The van der Waals surface area contributed by atoms with E-state index in [1.807, 2.05) is 0 Å². The van der Waals surface area contributed by atoms with E-state index in [0.717, 1.165) is 6.42 Å². The molecule has 1 saturated heterocycles. The van der Waals surface area contributed by atoms with Crippen molar-refractivity contribution in [2.75, 3.05) is 12.4 Å². The van der Waals surface area contributed by atoms with Gasteiger partial charge in [0.1, 0.15) is 11.8 Å². The van der Waals surface area contributed by atoms with Crippen LogP contribution in [0.15, 0.2) is 30.4 Å². The van der Waals surface area contributed by atoms with Gasteiger partial charge in [-0.15, -0.1) is 0 Å². The van der Waals surface area contributed by atoms with E-state index in [2.05, 4.69) is 17.5 Å². The van der Waals surface area contributed by atoms with Crippen molar-refractivity contribution in [1.29, 1.82) is 0 Å². The number of methoxy groups -OCH3 is 1. The second kappa shape index (κ2) is 6.08. The summed E-state index contributed by atoms with van der Waals surface area (Å²) in [5, 5.41) is 3.20. The maximum atomic E-state index is 13.1. The first-order valence-electron chi connectivity index (χ1n) is 9.62. The third-order valence-electron chi connectivity index (χ3n) is 6.88. The summed E-state index contributed by atoms with van der Waals surface area (Å²) in [6.45, 7) is 1.59. The number of nitrogens with zero attached hydrogens (tertiary/aromatic N) is 1. The number of carbonyl (C=O) groups is 3. The van der Waals surface area contributed by atoms with Crippen molar-refractivity contribution in [3.63, 3.8) is 0 Å². The molecule has 0 radical (unpaired) electrons. The Morgan fingerprint density at radius 2 is 1.79 bits per heavy atom. The minimum atomic E-state index is -0.898. The Labute approximate surface area is 167 Å². The van der Waals surface area contributed by atoms with Gasteiger partial charge in [0.05, 0.1) is 24.6 Å². The van der Waals surface area contributed by atoms with Crippen LogP contribution in [0, 0.1) is 35.5 Å². The number of anilines is 1. The molecule has 3 amide bonds. The normalized spacial score (nSPS) is 35.5. The van der Waals surface area contributed by atoms with E-state index in [-0.39, 0.29) is 35.5 Å². The molecule has 5 aliphatic rings. The van der Waals surface area contributed by atoms with Gasteiger partial charge in [-0.2, -0.15) is 0 Å². The molecule has 146 valence electrons. The average molecular weight is 401 g/mol. The standard InChI is InChI=1S/C21H21ClN2O4/c1-9(19(25)23-15-7-10(22)3-6-16(15)28-2)24-20(26)17-11-4-5-12(14-8-13(11)14)18(17)21(24)27/h3-7,9,11-14,17-18H,8H2,1-2H3,(H,23,25)/t9-,11+,12+,13-,14+,17-,18-/m0/s1. The van der Waals surface area contributed by atoms with Crippen LogP contribution >= 0.6 is 11.6 Å².